The largest absolute Gasteiger partial charge is 0.508 e. The number of alkyl halides is 2. The molecule has 3 aliphatic carbocycles. The second kappa shape index (κ2) is 9.55. The zero-order valence-electron chi connectivity index (χ0n) is 20.6. The summed E-state index contributed by atoms with van der Waals surface area (Å²) in [5, 5.41) is 12.9. The van der Waals surface area contributed by atoms with Crippen molar-refractivity contribution in [1.29, 1.82) is 0 Å². The molecule has 2 N–H and O–H groups in total. The van der Waals surface area contributed by atoms with Crippen LogP contribution in [0.1, 0.15) is 80.9 Å². The van der Waals surface area contributed by atoms with Gasteiger partial charge in [-0.1, -0.05) is 49.7 Å². The van der Waals surface area contributed by atoms with Gasteiger partial charge in [0.15, 0.2) is 0 Å². The van der Waals surface area contributed by atoms with Crippen molar-refractivity contribution in [1.82, 2.24) is 5.32 Å². The van der Waals surface area contributed by atoms with E-state index in [-0.39, 0.29) is 30.1 Å². The standard InChI is InChI=1S/C30H37F2NO2/c1-29-16-15-25-24-14-12-23(34)17-21(24)11-13-26(25)28(29)22(18-30(29,31)32)9-5-6-10-27(35)33-19-20-7-3-2-4-8-20/h2-4,7-8,12,14,17,22,25-26,28,34H,5-6,9-11,13,15-16,18-19H2,1H3,(H,33,35)/t22?,25-,26?,28+,29+/m1/s1. The van der Waals surface area contributed by atoms with E-state index in [2.05, 4.69) is 5.32 Å². The minimum Gasteiger partial charge on any atom is -0.508 e. The van der Waals surface area contributed by atoms with Crippen LogP contribution in [0.15, 0.2) is 48.5 Å². The number of unbranched alkanes of at least 4 members (excludes halogenated alkanes) is 1. The third-order valence-corrected chi connectivity index (χ3v) is 9.38. The third-order valence-electron chi connectivity index (χ3n) is 9.38. The Bertz CT molecular complexity index is 1060. The van der Waals surface area contributed by atoms with Gasteiger partial charge in [0, 0.05) is 24.8 Å². The molecule has 3 aliphatic rings. The average molecular weight is 482 g/mol. The molecule has 2 unspecified atom stereocenters. The number of rotatable bonds is 7. The minimum absolute atomic E-state index is 0.00819. The number of hydrogen-bond acceptors (Lipinski definition) is 2. The molecule has 0 spiro atoms. The number of carbonyl (C=O) groups is 1. The van der Waals surface area contributed by atoms with Gasteiger partial charge < -0.3 is 10.4 Å². The summed E-state index contributed by atoms with van der Waals surface area (Å²) in [4.78, 5) is 12.3. The molecule has 5 atom stereocenters. The number of phenolic OH excluding ortho intramolecular Hbond substituents is 1. The van der Waals surface area contributed by atoms with Gasteiger partial charge in [-0.25, -0.2) is 8.78 Å². The fourth-order valence-electron chi connectivity index (χ4n) is 7.66. The van der Waals surface area contributed by atoms with E-state index < -0.39 is 11.3 Å². The highest BCUT2D eigenvalue weighted by atomic mass is 19.3. The van der Waals surface area contributed by atoms with E-state index in [1.807, 2.05) is 49.4 Å². The SMILES string of the molecule is C[C@]12CC[C@@H]3c4ccc(O)cc4CCC3[C@@H]1C(CCCCC(=O)NCc1ccccc1)CC2(F)F. The second-order valence-electron chi connectivity index (χ2n) is 11.4. The van der Waals surface area contributed by atoms with E-state index in [1.54, 1.807) is 6.07 Å². The number of aromatic hydroxyl groups is 1. The molecule has 0 heterocycles. The van der Waals surface area contributed by atoms with Gasteiger partial charge >= 0.3 is 0 Å². The Kier molecular flexibility index (Phi) is 6.63. The Balaban J connectivity index is 1.21. The highest BCUT2D eigenvalue weighted by Gasteiger charge is 2.67. The first kappa shape index (κ1) is 24.3. The Morgan fingerprint density at radius 3 is 2.71 bits per heavy atom. The lowest BCUT2D eigenvalue weighted by Gasteiger charge is -2.51. The maximum absolute atomic E-state index is 15.4. The first-order valence-corrected chi connectivity index (χ1v) is 13.3. The van der Waals surface area contributed by atoms with E-state index in [1.165, 1.54) is 11.1 Å². The summed E-state index contributed by atoms with van der Waals surface area (Å²) in [6.07, 6.45) is 5.90. The predicted molar refractivity (Wildman–Crippen MR) is 133 cm³/mol. The number of carbonyl (C=O) groups excluding carboxylic acids is 1. The van der Waals surface area contributed by atoms with Crippen LogP contribution in [0.4, 0.5) is 8.78 Å². The maximum atomic E-state index is 15.4. The summed E-state index contributed by atoms with van der Waals surface area (Å²) in [6, 6.07) is 15.5. The predicted octanol–water partition coefficient (Wildman–Crippen LogP) is 6.99. The number of amides is 1. The molecule has 2 aromatic rings. The quantitative estimate of drug-likeness (QED) is 0.419. The zero-order chi connectivity index (χ0) is 24.6. The molecule has 0 saturated heterocycles. The summed E-state index contributed by atoms with van der Waals surface area (Å²) in [6.45, 7) is 2.37. The van der Waals surface area contributed by atoms with Crippen LogP contribution in [0.2, 0.25) is 0 Å². The molecular weight excluding hydrogens is 444 g/mol. The van der Waals surface area contributed by atoms with Crippen molar-refractivity contribution in [2.45, 2.75) is 83.1 Å². The lowest BCUT2D eigenvalue weighted by atomic mass is 9.53. The number of hydrogen-bond donors (Lipinski definition) is 2. The number of nitrogens with one attached hydrogen (secondary N) is 1. The molecule has 5 rings (SSSR count). The summed E-state index contributed by atoms with van der Waals surface area (Å²) in [5.74, 6) is -1.69. The van der Waals surface area contributed by atoms with Crippen LogP contribution in [0.25, 0.3) is 0 Å². The number of fused-ring (bicyclic) bond motifs is 5. The number of phenols is 1. The van der Waals surface area contributed by atoms with Crippen LogP contribution in [0, 0.1) is 23.2 Å². The van der Waals surface area contributed by atoms with Crippen LogP contribution >= 0.6 is 0 Å². The molecule has 3 nitrogen and oxygen atoms in total. The fourth-order valence-corrected chi connectivity index (χ4v) is 7.66. The van der Waals surface area contributed by atoms with Crippen LogP contribution < -0.4 is 5.32 Å². The Morgan fingerprint density at radius 2 is 1.91 bits per heavy atom. The monoisotopic (exact) mass is 481 g/mol. The second-order valence-corrected chi connectivity index (χ2v) is 11.4. The summed E-state index contributed by atoms with van der Waals surface area (Å²) in [7, 11) is 0. The van der Waals surface area contributed by atoms with Crippen LogP contribution in [-0.2, 0) is 17.8 Å². The smallest absolute Gasteiger partial charge is 0.253 e. The molecule has 1 amide bonds. The van der Waals surface area contributed by atoms with Gasteiger partial charge in [0.25, 0.3) is 5.92 Å². The summed E-state index contributed by atoms with van der Waals surface area (Å²) < 4.78 is 30.8. The summed E-state index contributed by atoms with van der Waals surface area (Å²) >= 11 is 0. The number of benzene rings is 2. The van der Waals surface area contributed by atoms with Gasteiger partial charge in [0.2, 0.25) is 5.91 Å². The molecule has 2 fully saturated rings. The molecule has 0 aliphatic heterocycles. The first-order chi connectivity index (χ1) is 16.8. The lowest BCUT2D eigenvalue weighted by molar-refractivity contribution is -0.133. The van der Waals surface area contributed by atoms with Gasteiger partial charge in [0.1, 0.15) is 5.75 Å². The molecule has 0 radical (unpaired) electrons. The van der Waals surface area contributed by atoms with Crippen molar-refractivity contribution >= 4 is 5.91 Å². The van der Waals surface area contributed by atoms with Crippen molar-refractivity contribution in [3.63, 3.8) is 0 Å². The lowest BCUT2D eigenvalue weighted by Crippen LogP contribution is -2.47. The van der Waals surface area contributed by atoms with Crippen molar-refractivity contribution in [3.05, 3.63) is 65.2 Å². The van der Waals surface area contributed by atoms with Gasteiger partial charge in [-0.05, 0) is 91.0 Å². The van der Waals surface area contributed by atoms with Gasteiger partial charge in [0.05, 0.1) is 0 Å². The van der Waals surface area contributed by atoms with Crippen molar-refractivity contribution < 1.29 is 18.7 Å². The highest BCUT2D eigenvalue weighted by molar-refractivity contribution is 5.75. The van der Waals surface area contributed by atoms with E-state index in [4.69, 9.17) is 0 Å². The third kappa shape index (κ3) is 4.59. The number of aryl methyl sites for hydroxylation is 1. The minimum atomic E-state index is -2.63. The Morgan fingerprint density at radius 1 is 1.11 bits per heavy atom. The molecule has 188 valence electrons. The van der Waals surface area contributed by atoms with Crippen LogP contribution in [0.5, 0.6) is 5.75 Å². The molecule has 0 bridgehead atoms. The van der Waals surface area contributed by atoms with Crippen LogP contribution in [0.3, 0.4) is 0 Å². The van der Waals surface area contributed by atoms with E-state index in [0.717, 1.165) is 44.1 Å². The van der Waals surface area contributed by atoms with E-state index >= 15 is 8.78 Å². The van der Waals surface area contributed by atoms with Crippen molar-refractivity contribution in [2.75, 3.05) is 0 Å². The normalized spacial score (nSPS) is 30.7. The zero-order valence-corrected chi connectivity index (χ0v) is 20.6. The fraction of sp³-hybridized carbons (Fsp3) is 0.567. The Labute approximate surface area is 207 Å². The van der Waals surface area contributed by atoms with Gasteiger partial charge in [-0.15, -0.1) is 0 Å². The van der Waals surface area contributed by atoms with E-state index in [9.17, 15) is 9.90 Å². The molecule has 0 aromatic heterocycles. The van der Waals surface area contributed by atoms with Gasteiger partial charge in [-0.3, -0.25) is 4.79 Å². The van der Waals surface area contributed by atoms with Crippen LogP contribution in [-0.4, -0.2) is 16.9 Å². The molecule has 35 heavy (non-hydrogen) atoms. The topological polar surface area (TPSA) is 49.3 Å². The van der Waals surface area contributed by atoms with Crippen molar-refractivity contribution in [2.24, 2.45) is 23.2 Å². The molecule has 2 saturated carbocycles. The average Bonchev–Trinajstić information content (AvgIpc) is 3.05. The Hall–Kier alpha value is -2.43. The summed E-state index contributed by atoms with van der Waals surface area (Å²) in [5.41, 5.74) is 2.60. The molecular formula is C30H37F2NO2. The maximum Gasteiger partial charge on any atom is 0.253 e. The highest BCUT2D eigenvalue weighted by Crippen LogP contribution is 2.68. The molecule has 5 heteroatoms. The van der Waals surface area contributed by atoms with E-state index in [0.29, 0.717) is 31.1 Å². The van der Waals surface area contributed by atoms with Crippen molar-refractivity contribution in [3.8, 4) is 5.75 Å². The first-order valence-electron chi connectivity index (χ1n) is 13.3. The number of halogens is 2. The van der Waals surface area contributed by atoms with Gasteiger partial charge in [-0.2, -0.15) is 0 Å². The molecule has 2 aromatic carbocycles.